The molecule has 170 valence electrons. The Morgan fingerprint density at radius 3 is 2.09 bits per heavy atom. The Hall–Kier alpha value is -2.69. The van der Waals surface area contributed by atoms with Crippen molar-refractivity contribution < 1.29 is 14.0 Å². The Bertz CT molecular complexity index is 928. The highest BCUT2D eigenvalue weighted by molar-refractivity contribution is 5.89. The number of piperidine rings is 1. The zero-order chi connectivity index (χ0) is 22.6. The Balaban J connectivity index is 1.57. The maximum Gasteiger partial charge on any atom is 0.230 e. The van der Waals surface area contributed by atoms with Crippen LogP contribution in [0.15, 0.2) is 54.6 Å². The molecular weight excluding hydrogens is 403 g/mol. The monoisotopic (exact) mass is 436 g/mol. The van der Waals surface area contributed by atoms with Crippen LogP contribution >= 0.6 is 0 Å². The SMILES string of the molecule is CC(=O)N1CCC(C(=O)NCC2(c3ccc(F)cc3)CCCCC2)(c2ccccc2)CC1. The third-order valence-electron chi connectivity index (χ3n) is 7.68. The lowest BCUT2D eigenvalue weighted by atomic mass is 9.68. The molecule has 4 rings (SSSR count). The summed E-state index contributed by atoms with van der Waals surface area (Å²) in [5.41, 5.74) is 1.34. The van der Waals surface area contributed by atoms with Crippen molar-refractivity contribution in [2.45, 2.75) is 62.7 Å². The summed E-state index contributed by atoms with van der Waals surface area (Å²) in [6.45, 7) is 3.31. The summed E-state index contributed by atoms with van der Waals surface area (Å²) in [5.74, 6) is -0.132. The minimum atomic E-state index is -0.633. The average Bonchev–Trinajstić information content (AvgIpc) is 2.84. The largest absolute Gasteiger partial charge is 0.354 e. The molecule has 2 fully saturated rings. The van der Waals surface area contributed by atoms with E-state index in [1.165, 1.54) is 18.6 Å². The van der Waals surface area contributed by atoms with Gasteiger partial charge in [-0.05, 0) is 48.9 Å². The molecule has 0 unspecified atom stereocenters. The Morgan fingerprint density at radius 2 is 1.50 bits per heavy atom. The van der Waals surface area contributed by atoms with Crippen molar-refractivity contribution >= 4 is 11.8 Å². The van der Waals surface area contributed by atoms with E-state index in [0.29, 0.717) is 32.5 Å². The highest BCUT2D eigenvalue weighted by Gasteiger charge is 2.44. The molecule has 1 saturated heterocycles. The number of benzene rings is 2. The first-order valence-electron chi connectivity index (χ1n) is 11.8. The molecule has 1 aliphatic heterocycles. The van der Waals surface area contributed by atoms with Gasteiger partial charge >= 0.3 is 0 Å². The predicted molar refractivity (Wildman–Crippen MR) is 124 cm³/mol. The molecule has 2 aromatic rings. The number of hydrogen-bond donors (Lipinski definition) is 1. The van der Waals surface area contributed by atoms with Crippen LogP contribution in [0.5, 0.6) is 0 Å². The van der Waals surface area contributed by atoms with Gasteiger partial charge in [0.2, 0.25) is 11.8 Å². The van der Waals surface area contributed by atoms with Crippen LogP contribution in [0.4, 0.5) is 4.39 Å². The summed E-state index contributed by atoms with van der Waals surface area (Å²) in [5, 5.41) is 3.32. The molecule has 0 aromatic heterocycles. The molecule has 1 heterocycles. The van der Waals surface area contributed by atoms with Crippen LogP contribution in [0.25, 0.3) is 0 Å². The van der Waals surface area contributed by atoms with Crippen LogP contribution in [0.3, 0.4) is 0 Å². The number of carbonyl (C=O) groups is 2. The van der Waals surface area contributed by atoms with E-state index in [9.17, 15) is 14.0 Å². The number of hydrogen-bond acceptors (Lipinski definition) is 2. The fourth-order valence-corrected chi connectivity index (χ4v) is 5.63. The van der Waals surface area contributed by atoms with Gasteiger partial charge in [0.05, 0.1) is 5.41 Å². The minimum absolute atomic E-state index is 0.0407. The van der Waals surface area contributed by atoms with Gasteiger partial charge in [-0.1, -0.05) is 61.7 Å². The number of amides is 2. The first-order valence-corrected chi connectivity index (χ1v) is 11.8. The van der Waals surface area contributed by atoms with Crippen LogP contribution in [-0.4, -0.2) is 36.3 Å². The van der Waals surface area contributed by atoms with E-state index in [0.717, 1.165) is 36.8 Å². The lowest BCUT2D eigenvalue weighted by Gasteiger charge is -2.43. The standard InChI is InChI=1S/C27H33FN2O2/c1-21(31)30-18-16-27(17-19-30,23-8-4-2-5-9-23)25(32)29-20-26(14-6-3-7-15-26)22-10-12-24(28)13-11-22/h2,4-5,8-13H,3,6-7,14-20H2,1H3,(H,29,32). The minimum Gasteiger partial charge on any atom is -0.354 e. The first-order chi connectivity index (χ1) is 15.5. The van der Waals surface area contributed by atoms with E-state index in [2.05, 4.69) is 5.32 Å². The molecule has 1 aliphatic carbocycles. The molecule has 5 heteroatoms. The molecule has 1 N–H and O–H groups in total. The lowest BCUT2D eigenvalue weighted by molar-refractivity contribution is -0.135. The Kier molecular flexibility index (Phi) is 6.63. The van der Waals surface area contributed by atoms with E-state index in [1.807, 2.05) is 47.4 Å². The third kappa shape index (κ3) is 4.43. The van der Waals surface area contributed by atoms with Gasteiger partial charge in [0, 0.05) is 32.0 Å². The highest BCUT2D eigenvalue weighted by Crippen LogP contribution is 2.40. The summed E-state index contributed by atoms with van der Waals surface area (Å²) >= 11 is 0. The maximum absolute atomic E-state index is 13.8. The maximum atomic E-state index is 13.8. The first kappa shape index (κ1) is 22.5. The quantitative estimate of drug-likeness (QED) is 0.737. The van der Waals surface area contributed by atoms with Crippen LogP contribution in [0.1, 0.15) is 63.0 Å². The molecule has 2 aromatic carbocycles. The zero-order valence-electron chi connectivity index (χ0n) is 18.9. The molecule has 1 saturated carbocycles. The van der Waals surface area contributed by atoms with Gasteiger partial charge in [-0.3, -0.25) is 9.59 Å². The summed E-state index contributed by atoms with van der Waals surface area (Å²) in [7, 11) is 0. The number of halogens is 1. The van der Waals surface area contributed by atoms with Gasteiger partial charge in [-0.2, -0.15) is 0 Å². The molecule has 0 radical (unpaired) electrons. The molecule has 0 spiro atoms. The van der Waals surface area contributed by atoms with E-state index in [4.69, 9.17) is 0 Å². The van der Waals surface area contributed by atoms with Crippen LogP contribution < -0.4 is 5.32 Å². The second kappa shape index (κ2) is 9.43. The number of likely N-dealkylation sites (tertiary alicyclic amines) is 1. The normalized spacial score (nSPS) is 19.9. The van der Waals surface area contributed by atoms with Gasteiger partial charge in [0.15, 0.2) is 0 Å². The van der Waals surface area contributed by atoms with Gasteiger partial charge in [-0.15, -0.1) is 0 Å². The second-order valence-corrected chi connectivity index (χ2v) is 9.48. The van der Waals surface area contributed by atoms with Crippen molar-refractivity contribution in [2.75, 3.05) is 19.6 Å². The molecular formula is C27H33FN2O2. The van der Waals surface area contributed by atoms with Crippen LogP contribution in [0.2, 0.25) is 0 Å². The lowest BCUT2D eigenvalue weighted by Crippen LogP contribution is -2.54. The smallest absolute Gasteiger partial charge is 0.230 e. The van der Waals surface area contributed by atoms with Crippen molar-refractivity contribution in [1.82, 2.24) is 10.2 Å². The van der Waals surface area contributed by atoms with Gasteiger partial charge in [-0.25, -0.2) is 4.39 Å². The number of nitrogens with zero attached hydrogens (tertiary/aromatic N) is 1. The van der Waals surface area contributed by atoms with Crippen molar-refractivity contribution in [3.8, 4) is 0 Å². The van der Waals surface area contributed by atoms with Crippen molar-refractivity contribution in [2.24, 2.45) is 0 Å². The Labute approximate surface area is 190 Å². The van der Waals surface area contributed by atoms with Crippen molar-refractivity contribution in [3.05, 3.63) is 71.5 Å². The van der Waals surface area contributed by atoms with E-state index >= 15 is 0 Å². The zero-order valence-corrected chi connectivity index (χ0v) is 18.9. The van der Waals surface area contributed by atoms with Crippen LogP contribution in [0, 0.1) is 5.82 Å². The fraction of sp³-hybridized carbons (Fsp3) is 0.481. The number of nitrogens with one attached hydrogen (secondary N) is 1. The fourth-order valence-electron chi connectivity index (χ4n) is 5.63. The summed E-state index contributed by atoms with van der Waals surface area (Å²) in [6.07, 6.45) is 6.66. The molecule has 0 atom stereocenters. The Morgan fingerprint density at radius 1 is 0.875 bits per heavy atom. The van der Waals surface area contributed by atoms with Gasteiger partial charge in [0.25, 0.3) is 0 Å². The summed E-state index contributed by atoms with van der Waals surface area (Å²) < 4.78 is 13.6. The van der Waals surface area contributed by atoms with Gasteiger partial charge in [0.1, 0.15) is 5.82 Å². The van der Waals surface area contributed by atoms with Crippen molar-refractivity contribution in [3.63, 3.8) is 0 Å². The average molecular weight is 437 g/mol. The molecule has 0 bridgehead atoms. The highest BCUT2D eigenvalue weighted by atomic mass is 19.1. The van der Waals surface area contributed by atoms with E-state index in [-0.39, 0.29) is 23.0 Å². The molecule has 2 amide bonds. The molecule has 2 aliphatic rings. The van der Waals surface area contributed by atoms with Crippen LogP contribution in [-0.2, 0) is 20.4 Å². The summed E-state index contributed by atoms with van der Waals surface area (Å²) in [4.78, 5) is 27.5. The predicted octanol–water partition coefficient (Wildman–Crippen LogP) is 4.72. The second-order valence-electron chi connectivity index (χ2n) is 9.48. The number of rotatable bonds is 5. The van der Waals surface area contributed by atoms with Gasteiger partial charge < -0.3 is 10.2 Å². The van der Waals surface area contributed by atoms with E-state index in [1.54, 1.807) is 6.92 Å². The number of carbonyl (C=O) groups excluding carboxylic acids is 2. The third-order valence-corrected chi connectivity index (χ3v) is 7.68. The molecule has 4 nitrogen and oxygen atoms in total. The molecule has 32 heavy (non-hydrogen) atoms. The van der Waals surface area contributed by atoms with E-state index < -0.39 is 5.41 Å². The topological polar surface area (TPSA) is 49.4 Å². The van der Waals surface area contributed by atoms with Crippen molar-refractivity contribution in [1.29, 1.82) is 0 Å². The summed E-state index contributed by atoms with van der Waals surface area (Å²) in [6, 6.07) is 16.8.